The molecule has 1 atom stereocenters. The molecule has 0 saturated heterocycles. The number of ether oxygens (including phenoxy) is 1. The number of hydrogen-bond acceptors (Lipinski definition) is 3. The Balaban J connectivity index is 3.03. The third kappa shape index (κ3) is 3.72. The van der Waals surface area contributed by atoms with Crippen LogP contribution >= 0.6 is 0 Å². The molecule has 1 aromatic carbocycles. The van der Waals surface area contributed by atoms with Crippen molar-refractivity contribution in [3.63, 3.8) is 0 Å². The van der Waals surface area contributed by atoms with E-state index in [1.807, 2.05) is 13.1 Å². The van der Waals surface area contributed by atoms with E-state index in [0.29, 0.717) is 0 Å². The second-order valence-electron chi connectivity index (χ2n) is 5.71. The van der Waals surface area contributed by atoms with Gasteiger partial charge in [-0.25, -0.2) is 0 Å². The van der Waals surface area contributed by atoms with Gasteiger partial charge in [0.1, 0.15) is 5.75 Å². The maximum Gasteiger partial charge on any atom is 0.122 e. The van der Waals surface area contributed by atoms with E-state index in [0.717, 1.165) is 18.7 Å². The molecule has 0 bridgehead atoms. The minimum absolute atomic E-state index is 0.0596. The van der Waals surface area contributed by atoms with Gasteiger partial charge in [0, 0.05) is 6.04 Å². The summed E-state index contributed by atoms with van der Waals surface area (Å²) in [4.78, 5) is 0. The molecule has 1 rings (SSSR count). The van der Waals surface area contributed by atoms with E-state index < -0.39 is 0 Å². The van der Waals surface area contributed by atoms with Crippen molar-refractivity contribution < 1.29 is 4.74 Å². The van der Waals surface area contributed by atoms with Gasteiger partial charge in [0.15, 0.2) is 0 Å². The first kappa shape index (κ1) is 15.0. The molecule has 0 aliphatic heterocycles. The van der Waals surface area contributed by atoms with E-state index in [2.05, 4.69) is 38.2 Å². The molecule has 0 aliphatic carbocycles. The summed E-state index contributed by atoms with van der Waals surface area (Å²) in [6, 6.07) is 6.34. The summed E-state index contributed by atoms with van der Waals surface area (Å²) >= 11 is 0. The predicted octanol–water partition coefficient (Wildman–Crippen LogP) is 2.60. The van der Waals surface area contributed by atoms with E-state index in [1.165, 1.54) is 11.1 Å². The minimum Gasteiger partial charge on any atom is -0.496 e. The highest BCUT2D eigenvalue weighted by molar-refractivity contribution is 5.42. The van der Waals surface area contributed by atoms with Gasteiger partial charge in [0.2, 0.25) is 0 Å². The van der Waals surface area contributed by atoms with Gasteiger partial charge in [-0.1, -0.05) is 32.9 Å². The highest BCUT2D eigenvalue weighted by Crippen LogP contribution is 2.33. The average Bonchev–Trinajstić information content (AvgIpc) is 2.34. The number of benzene rings is 1. The summed E-state index contributed by atoms with van der Waals surface area (Å²) in [5.41, 5.74) is 8.65. The lowest BCUT2D eigenvalue weighted by molar-refractivity contribution is 0.397. The highest BCUT2D eigenvalue weighted by atomic mass is 16.5. The normalized spacial score (nSPS) is 13.4. The fraction of sp³-hybridized carbons (Fsp3) is 0.600. The van der Waals surface area contributed by atoms with Crippen molar-refractivity contribution in [2.24, 2.45) is 5.73 Å². The Hall–Kier alpha value is -1.06. The lowest BCUT2D eigenvalue weighted by atomic mass is 9.84. The molecule has 1 aromatic rings. The molecule has 3 nitrogen and oxygen atoms in total. The van der Waals surface area contributed by atoms with Crippen molar-refractivity contribution in [1.29, 1.82) is 0 Å². The number of rotatable bonds is 5. The first-order chi connectivity index (χ1) is 8.40. The summed E-state index contributed by atoms with van der Waals surface area (Å²) in [7, 11) is 3.66. The Morgan fingerprint density at radius 3 is 2.50 bits per heavy atom. The molecule has 0 radical (unpaired) electrons. The van der Waals surface area contributed by atoms with Crippen LogP contribution in [0.25, 0.3) is 0 Å². The van der Waals surface area contributed by atoms with E-state index in [4.69, 9.17) is 10.5 Å². The third-order valence-corrected chi connectivity index (χ3v) is 3.17. The van der Waals surface area contributed by atoms with Crippen LogP contribution in [-0.2, 0) is 5.41 Å². The van der Waals surface area contributed by atoms with Crippen LogP contribution in [0, 0.1) is 0 Å². The lowest BCUT2D eigenvalue weighted by Crippen LogP contribution is -2.19. The topological polar surface area (TPSA) is 47.3 Å². The van der Waals surface area contributed by atoms with Crippen LogP contribution in [-0.4, -0.2) is 20.7 Å². The molecule has 0 aromatic heterocycles. The first-order valence-corrected chi connectivity index (χ1v) is 6.48. The van der Waals surface area contributed by atoms with Gasteiger partial charge >= 0.3 is 0 Å². The van der Waals surface area contributed by atoms with Gasteiger partial charge in [-0.15, -0.1) is 0 Å². The quantitative estimate of drug-likeness (QED) is 0.844. The Kier molecular flexibility index (Phi) is 5.17. The van der Waals surface area contributed by atoms with Gasteiger partial charge in [-0.2, -0.15) is 0 Å². The summed E-state index contributed by atoms with van der Waals surface area (Å²) < 4.78 is 5.43. The minimum atomic E-state index is 0.0596. The first-order valence-electron chi connectivity index (χ1n) is 6.48. The molecule has 3 heteroatoms. The Morgan fingerprint density at radius 2 is 2.00 bits per heavy atom. The molecular formula is C15H26N2O. The maximum absolute atomic E-state index is 6.20. The van der Waals surface area contributed by atoms with Crippen molar-refractivity contribution in [1.82, 2.24) is 5.32 Å². The summed E-state index contributed by atoms with van der Waals surface area (Å²) in [5, 5.41) is 3.13. The van der Waals surface area contributed by atoms with Crippen molar-refractivity contribution in [2.75, 3.05) is 20.7 Å². The summed E-state index contributed by atoms with van der Waals surface area (Å²) in [6.45, 7) is 7.49. The Morgan fingerprint density at radius 1 is 1.33 bits per heavy atom. The Labute approximate surface area is 111 Å². The standard InChI is InChI=1S/C15H26N2O/c1-15(2,3)12-10-11(6-7-14(12)18-5)13(16)8-9-17-4/h6-7,10,13,17H,8-9,16H2,1-5H3. The lowest BCUT2D eigenvalue weighted by Gasteiger charge is -2.24. The van der Waals surface area contributed by atoms with Crippen LogP contribution < -0.4 is 15.8 Å². The zero-order valence-corrected chi connectivity index (χ0v) is 12.2. The summed E-state index contributed by atoms with van der Waals surface area (Å²) in [6.07, 6.45) is 0.937. The molecule has 0 amide bonds. The zero-order valence-electron chi connectivity index (χ0n) is 12.2. The van der Waals surface area contributed by atoms with E-state index in [1.54, 1.807) is 7.11 Å². The van der Waals surface area contributed by atoms with Crippen LogP contribution in [0.3, 0.4) is 0 Å². The number of methoxy groups -OCH3 is 1. The van der Waals surface area contributed by atoms with Crippen molar-refractivity contribution in [2.45, 2.75) is 38.6 Å². The fourth-order valence-electron chi connectivity index (χ4n) is 2.01. The van der Waals surface area contributed by atoms with Crippen LogP contribution in [0.1, 0.15) is 44.4 Å². The number of hydrogen-bond donors (Lipinski definition) is 2. The molecule has 102 valence electrons. The second-order valence-corrected chi connectivity index (χ2v) is 5.71. The van der Waals surface area contributed by atoms with Gasteiger partial charge in [0.25, 0.3) is 0 Å². The molecule has 18 heavy (non-hydrogen) atoms. The van der Waals surface area contributed by atoms with Gasteiger partial charge in [-0.05, 0) is 42.6 Å². The average molecular weight is 250 g/mol. The molecule has 1 unspecified atom stereocenters. The highest BCUT2D eigenvalue weighted by Gasteiger charge is 2.20. The zero-order chi connectivity index (χ0) is 13.8. The van der Waals surface area contributed by atoms with E-state index in [9.17, 15) is 0 Å². The maximum atomic E-state index is 6.20. The molecular weight excluding hydrogens is 224 g/mol. The molecule has 0 saturated carbocycles. The molecule has 0 spiro atoms. The van der Waals surface area contributed by atoms with E-state index in [-0.39, 0.29) is 11.5 Å². The fourth-order valence-corrected chi connectivity index (χ4v) is 2.01. The second kappa shape index (κ2) is 6.21. The summed E-state index contributed by atoms with van der Waals surface area (Å²) in [5.74, 6) is 0.937. The molecule has 0 heterocycles. The van der Waals surface area contributed by atoms with Crippen molar-refractivity contribution >= 4 is 0 Å². The largest absolute Gasteiger partial charge is 0.496 e. The van der Waals surface area contributed by atoms with Gasteiger partial charge in [-0.3, -0.25) is 0 Å². The monoisotopic (exact) mass is 250 g/mol. The Bertz CT molecular complexity index is 383. The smallest absolute Gasteiger partial charge is 0.122 e. The molecule has 3 N–H and O–H groups in total. The van der Waals surface area contributed by atoms with Crippen molar-refractivity contribution in [3.8, 4) is 5.75 Å². The van der Waals surface area contributed by atoms with Crippen LogP contribution in [0.5, 0.6) is 5.75 Å². The molecule has 0 fully saturated rings. The molecule has 0 aliphatic rings. The third-order valence-electron chi connectivity index (χ3n) is 3.17. The van der Waals surface area contributed by atoms with Gasteiger partial charge in [0.05, 0.1) is 7.11 Å². The van der Waals surface area contributed by atoms with E-state index >= 15 is 0 Å². The van der Waals surface area contributed by atoms with Crippen LogP contribution in [0.15, 0.2) is 18.2 Å². The van der Waals surface area contributed by atoms with Crippen molar-refractivity contribution in [3.05, 3.63) is 29.3 Å². The number of nitrogens with one attached hydrogen (secondary N) is 1. The van der Waals surface area contributed by atoms with Gasteiger partial charge < -0.3 is 15.8 Å². The predicted molar refractivity (Wildman–Crippen MR) is 77.2 cm³/mol. The SMILES string of the molecule is CNCCC(N)c1ccc(OC)c(C(C)(C)C)c1. The number of nitrogens with two attached hydrogens (primary N) is 1. The van der Waals surface area contributed by atoms with Crippen LogP contribution in [0.4, 0.5) is 0 Å². The van der Waals surface area contributed by atoms with Crippen LogP contribution in [0.2, 0.25) is 0 Å².